The number of fused-ring (bicyclic) bond motifs is 3. The number of nitrogens with zero attached hydrogens (tertiary/aromatic N) is 2. The van der Waals surface area contributed by atoms with Gasteiger partial charge < -0.3 is 9.72 Å². The van der Waals surface area contributed by atoms with Crippen molar-refractivity contribution >= 4 is 39.1 Å². The Morgan fingerprint density at radius 3 is 2.55 bits per heavy atom. The maximum Gasteiger partial charge on any atom is 0.433 e. The lowest BCUT2D eigenvalue weighted by Crippen LogP contribution is -2.18. The number of benzene rings is 3. The molecule has 5 rings (SSSR count). The van der Waals surface area contributed by atoms with E-state index in [1.807, 2.05) is 73.8 Å². The number of carbonyl (C=O) groups is 2. The molecule has 0 spiro atoms. The molecule has 6 nitrogen and oxygen atoms in total. The Morgan fingerprint density at radius 2 is 1.74 bits per heavy atom. The molecular formula is C25H19N3O3. The first-order chi connectivity index (χ1) is 15.1. The third-order valence-corrected chi connectivity index (χ3v) is 5.56. The molecule has 2 heterocycles. The smallest absolute Gasteiger partial charge is 0.323 e. The molecule has 0 atom stereocenters. The summed E-state index contributed by atoms with van der Waals surface area (Å²) in [6, 6.07) is 21.1. The summed E-state index contributed by atoms with van der Waals surface area (Å²) >= 11 is 0. The lowest BCUT2D eigenvalue weighted by molar-refractivity contribution is 0.103. The van der Waals surface area contributed by atoms with Crippen molar-refractivity contribution in [3.63, 3.8) is 0 Å². The van der Waals surface area contributed by atoms with Crippen LogP contribution < -0.4 is 10.7 Å². The summed E-state index contributed by atoms with van der Waals surface area (Å²) in [7, 11) is 1.48. The monoisotopic (exact) mass is 409 g/mol. The van der Waals surface area contributed by atoms with Gasteiger partial charge in [-0.05, 0) is 36.8 Å². The fourth-order valence-corrected chi connectivity index (χ4v) is 4.04. The van der Waals surface area contributed by atoms with Crippen LogP contribution in [0.3, 0.4) is 0 Å². The number of aryl methyl sites for hydroxylation is 1. The second kappa shape index (κ2) is 7.25. The quantitative estimate of drug-likeness (QED) is 0.273. The first-order valence-corrected chi connectivity index (χ1v) is 9.91. The Morgan fingerprint density at radius 1 is 0.935 bits per heavy atom. The molecule has 0 unspecified atom stereocenters. The van der Waals surface area contributed by atoms with Crippen LogP contribution in [0.1, 0.15) is 21.5 Å². The number of rotatable bonds is 3. The van der Waals surface area contributed by atoms with Gasteiger partial charge >= 0.3 is 6.09 Å². The number of ketones is 1. The number of para-hydroxylation sites is 1. The Kier molecular flexibility index (Phi) is 4.40. The third kappa shape index (κ3) is 3.00. The minimum Gasteiger partial charge on any atom is -0.323 e. The van der Waals surface area contributed by atoms with Crippen LogP contribution in [0.15, 0.2) is 78.1 Å². The molecule has 2 aromatic heterocycles. The molecule has 0 aliphatic heterocycles. The lowest BCUT2D eigenvalue weighted by Gasteiger charge is -2.05. The maximum atomic E-state index is 13.1. The Hall–Kier alpha value is -4.19. The highest BCUT2D eigenvalue weighted by molar-refractivity contribution is 6.17. The second-order valence-electron chi connectivity index (χ2n) is 7.37. The second-order valence-corrected chi connectivity index (χ2v) is 7.37. The highest BCUT2D eigenvalue weighted by atomic mass is 16.7. The van der Waals surface area contributed by atoms with Crippen LogP contribution in [0.4, 0.5) is 4.79 Å². The van der Waals surface area contributed by atoms with Gasteiger partial charge in [0.15, 0.2) is 5.78 Å². The SMILES string of the molecule is CNC(=O)O/N=c1\ccn2c3ccc(C(=O)c4ccccc4C)cc3c3cccc1c32. The molecular weight excluding hydrogens is 390 g/mol. The molecule has 0 fully saturated rings. The molecule has 0 radical (unpaired) electrons. The van der Waals surface area contributed by atoms with E-state index < -0.39 is 6.09 Å². The van der Waals surface area contributed by atoms with E-state index in [9.17, 15) is 9.59 Å². The summed E-state index contributed by atoms with van der Waals surface area (Å²) in [6.07, 6.45) is 1.27. The van der Waals surface area contributed by atoms with Gasteiger partial charge in [-0.25, -0.2) is 4.79 Å². The Balaban J connectivity index is 1.72. The first kappa shape index (κ1) is 18.8. The average Bonchev–Trinajstić information content (AvgIpc) is 3.13. The van der Waals surface area contributed by atoms with Gasteiger partial charge in [-0.15, -0.1) is 0 Å². The highest BCUT2D eigenvalue weighted by Gasteiger charge is 2.16. The van der Waals surface area contributed by atoms with Crippen LogP contribution in [-0.2, 0) is 4.84 Å². The summed E-state index contributed by atoms with van der Waals surface area (Å²) in [5.41, 5.74) is 4.25. The van der Waals surface area contributed by atoms with Gasteiger partial charge in [0.2, 0.25) is 0 Å². The van der Waals surface area contributed by atoms with E-state index in [2.05, 4.69) is 14.9 Å². The van der Waals surface area contributed by atoms with Crippen LogP contribution in [-0.4, -0.2) is 23.3 Å². The normalized spacial score (nSPS) is 12.0. The van der Waals surface area contributed by atoms with Crippen LogP contribution >= 0.6 is 0 Å². The number of pyridine rings is 1. The molecule has 0 aliphatic rings. The molecule has 5 aromatic rings. The van der Waals surface area contributed by atoms with Crippen molar-refractivity contribution in [2.24, 2.45) is 5.16 Å². The van der Waals surface area contributed by atoms with Crippen molar-refractivity contribution in [3.05, 3.63) is 95.0 Å². The summed E-state index contributed by atoms with van der Waals surface area (Å²) in [5, 5.41) is 9.76. The van der Waals surface area contributed by atoms with Gasteiger partial charge in [-0.2, -0.15) is 0 Å². The van der Waals surface area contributed by atoms with Crippen molar-refractivity contribution < 1.29 is 14.4 Å². The summed E-state index contributed by atoms with van der Waals surface area (Å²) in [4.78, 5) is 29.5. The fraction of sp³-hybridized carbons (Fsp3) is 0.0800. The summed E-state index contributed by atoms with van der Waals surface area (Å²) < 4.78 is 2.07. The molecule has 0 bridgehead atoms. The summed E-state index contributed by atoms with van der Waals surface area (Å²) in [5.74, 6) is 0.00342. The van der Waals surface area contributed by atoms with Gasteiger partial charge in [-0.3, -0.25) is 9.63 Å². The van der Waals surface area contributed by atoms with Gasteiger partial charge in [0.1, 0.15) is 5.36 Å². The predicted molar refractivity (Wildman–Crippen MR) is 119 cm³/mol. The van der Waals surface area contributed by atoms with Crippen molar-refractivity contribution in [1.29, 1.82) is 0 Å². The topological polar surface area (TPSA) is 72.2 Å². The molecule has 0 saturated heterocycles. The molecule has 0 aliphatic carbocycles. The average molecular weight is 409 g/mol. The molecule has 1 N–H and O–H groups in total. The van der Waals surface area contributed by atoms with Crippen molar-refractivity contribution in [1.82, 2.24) is 9.72 Å². The zero-order chi connectivity index (χ0) is 21.5. The zero-order valence-electron chi connectivity index (χ0n) is 17.0. The Labute approximate surface area is 177 Å². The standard InChI is InChI=1S/C25H19N3O3/c1-15-6-3-4-7-17(15)24(29)16-10-11-22-20(14-16)18-8-5-9-19-21(27-31-25(30)26-2)12-13-28(22)23(18)19/h3-14H,1-2H3,(H,26,30)/b27-21+. The predicted octanol–water partition coefficient (Wildman–Crippen LogP) is 4.39. The number of hydrogen-bond acceptors (Lipinski definition) is 4. The van der Waals surface area contributed by atoms with E-state index in [-0.39, 0.29) is 5.78 Å². The zero-order valence-corrected chi connectivity index (χ0v) is 17.0. The highest BCUT2D eigenvalue weighted by Crippen LogP contribution is 2.31. The molecule has 6 heteroatoms. The summed E-state index contributed by atoms with van der Waals surface area (Å²) in [6.45, 7) is 1.94. The fourth-order valence-electron chi connectivity index (χ4n) is 4.04. The molecule has 31 heavy (non-hydrogen) atoms. The number of carbonyl (C=O) groups excluding carboxylic acids is 2. The van der Waals surface area contributed by atoms with Gasteiger partial charge in [0.05, 0.1) is 11.0 Å². The van der Waals surface area contributed by atoms with E-state index in [0.717, 1.165) is 32.8 Å². The minimum absolute atomic E-state index is 0.00342. The van der Waals surface area contributed by atoms with E-state index >= 15 is 0 Å². The lowest BCUT2D eigenvalue weighted by atomic mass is 9.98. The first-order valence-electron chi connectivity index (χ1n) is 9.91. The van der Waals surface area contributed by atoms with Crippen LogP contribution in [0, 0.1) is 6.92 Å². The minimum atomic E-state index is -0.626. The van der Waals surface area contributed by atoms with E-state index in [1.165, 1.54) is 7.05 Å². The molecule has 0 saturated carbocycles. The van der Waals surface area contributed by atoms with E-state index in [4.69, 9.17) is 4.84 Å². The van der Waals surface area contributed by atoms with Crippen LogP contribution in [0.2, 0.25) is 0 Å². The van der Waals surface area contributed by atoms with Gasteiger partial charge in [-0.1, -0.05) is 47.6 Å². The van der Waals surface area contributed by atoms with Crippen LogP contribution in [0.25, 0.3) is 27.2 Å². The van der Waals surface area contributed by atoms with E-state index in [0.29, 0.717) is 16.5 Å². The van der Waals surface area contributed by atoms with Gasteiger partial charge in [0, 0.05) is 40.5 Å². The molecule has 1 amide bonds. The molecule has 152 valence electrons. The van der Waals surface area contributed by atoms with E-state index in [1.54, 1.807) is 6.07 Å². The molecule has 3 aromatic carbocycles. The van der Waals surface area contributed by atoms with Crippen molar-refractivity contribution in [2.45, 2.75) is 6.92 Å². The number of aromatic nitrogens is 1. The van der Waals surface area contributed by atoms with Crippen molar-refractivity contribution in [3.8, 4) is 0 Å². The maximum absolute atomic E-state index is 13.1. The Bertz CT molecular complexity index is 1550. The van der Waals surface area contributed by atoms with Gasteiger partial charge in [0.25, 0.3) is 0 Å². The van der Waals surface area contributed by atoms with Crippen LogP contribution in [0.5, 0.6) is 0 Å². The van der Waals surface area contributed by atoms with Crippen molar-refractivity contribution in [2.75, 3.05) is 7.05 Å². The third-order valence-electron chi connectivity index (χ3n) is 5.56. The number of amides is 1. The number of nitrogens with one attached hydrogen (secondary N) is 1. The largest absolute Gasteiger partial charge is 0.433 e. The number of hydrogen-bond donors (Lipinski definition) is 1.